The number of carboxylic acid groups (broad SMARTS) is 1. The van der Waals surface area contributed by atoms with Gasteiger partial charge in [-0.15, -0.1) is 0 Å². The first kappa shape index (κ1) is 28.2. The molecule has 12 heteroatoms. The average molecular weight is 573 g/mol. The molecule has 11 nitrogen and oxygen atoms in total. The van der Waals surface area contributed by atoms with Crippen LogP contribution in [-0.2, 0) is 26.1 Å². The number of carboxylic acids is 1. The molecule has 1 saturated carbocycles. The third kappa shape index (κ3) is 5.60. The van der Waals surface area contributed by atoms with Crippen LogP contribution in [-0.4, -0.2) is 75.1 Å². The van der Waals surface area contributed by atoms with Gasteiger partial charge in [0.15, 0.2) is 0 Å². The lowest BCUT2D eigenvalue weighted by Crippen LogP contribution is -2.47. The number of hydrogen-bond donors (Lipinski definition) is 2. The van der Waals surface area contributed by atoms with Gasteiger partial charge in [-0.2, -0.15) is 4.31 Å². The number of hydrogen-bond acceptors (Lipinski definition) is 6. The molecular weight excluding hydrogens is 536 g/mol. The molecule has 1 amide bonds. The normalized spacial score (nSPS) is 18.2. The molecule has 3 aromatic rings. The minimum Gasteiger partial charge on any atom is -0.481 e. The number of pyridine rings is 1. The van der Waals surface area contributed by atoms with Crippen LogP contribution in [0.3, 0.4) is 0 Å². The monoisotopic (exact) mass is 572 g/mol. The molecule has 40 heavy (non-hydrogen) atoms. The van der Waals surface area contributed by atoms with Crippen molar-refractivity contribution >= 4 is 43.9 Å². The van der Waals surface area contributed by atoms with Crippen LogP contribution >= 0.6 is 0 Å². The van der Waals surface area contributed by atoms with Gasteiger partial charge in [0.1, 0.15) is 11.1 Å². The Labute approximate surface area is 232 Å². The number of likely N-dealkylation sites (tertiary alicyclic amines) is 1. The lowest BCUT2D eigenvalue weighted by molar-refractivity contribution is -0.137. The molecule has 2 fully saturated rings. The van der Waals surface area contributed by atoms with Crippen LogP contribution in [0, 0.1) is 0 Å². The second-order valence-corrected chi connectivity index (χ2v) is 13.6. The molecule has 0 unspecified atom stereocenters. The van der Waals surface area contributed by atoms with E-state index in [1.54, 1.807) is 29.3 Å². The quantitative estimate of drug-likeness (QED) is 0.396. The smallest absolute Gasteiger partial charge is 0.410 e. The molecule has 3 heterocycles. The lowest BCUT2D eigenvalue weighted by Gasteiger charge is -2.32. The van der Waals surface area contributed by atoms with Crippen LogP contribution < -0.4 is 5.56 Å². The molecular formula is C28H36N4O7S. The number of nitrogens with one attached hydrogen (secondary N) is 1. The van der Waals surface area contributed by atoms with E-state index in [-0.39, 0.29) is 48.5 Å². The Morgan fingerprint density at radius 1 is 1.15 bits per heavy atom. The number of amides is 1. The molecule has 216 valence electrons. The van der Waals surface area contributed by atoms with Crippen LogP contribution in [0.1, 0.15) is 59.3 Å². The minimum absolute atomic E-state index is 0.0824. The number of ether oxygens (including phenoxy) is 1. The summed E-state index contributed by atoms with van der Waals surface area (Å²) in [4.78, 5) is 41.7. The highest BCUT2D eigenvalue weighted by molar-refractivity contribution is 7.89. The molecule has 0 bridgehead atoms. The van der Waals surface area contributed by atoms with Crippen LogP contribution in [0.25, 0.3) is 21.8 Å². The summed E-state index contributed by atoms with van der Waals surface area (Å²) in [5.74, 6) is -0.945. The number of aryl methyl sites for hydroxylation is 1. The average Bonchev–Trinajstić information content (AvgIpc) is 3.38. The van der Waals surface area contributed by atoms with Crippen molar-refractivity contribution < 1.29 is 27.9 Å². The topological polar surface area (TPSA) is 142 Å². The van der Waals surface area contributed by atoms with Gasteiger partial charge in [-0.3, -0.25) is 9.59 Å². The molecule has 2 aromatic heterocycles. The van der Waals surface area contributed by atoms with Crippen LogP contribution in [0.2, 0.25) is 0 Å². The van der Waals surface area contributed by atoms with Gasteiger partial charge >= 0.3 is 12.1 Å². The van der Waals surface area contributed by atoms with Crippen LogP contribution in [0.4, 0.5) is 4.79 Å². The van der Waals surface area contributed by atoms with Crippen molar-refractivity contribution in [3.63, 3.8) is 0 Å². The van der Waals surface area contributed by atoms with Gasteiger partial charge in [-0.1, -0.05) is 0 Å². The third-order valence-electron chi connectivity index (χ3n) is 7.48. The number of H-pyrrole nitrogens is 1. The van der Waals surface area contributed by atoms with Crippen molar-refractivity contribution in [2.45, 2.75) is 88.4 Å². The summed E-state index contributed by atoms with van der Waals surface area (Å²) in [6, 6.07) is 6.08. The molecule has 0 spiro atoms. The molecule has 1 saturated heterocycles. The van der Waals surface area contributed by atoms with Crippen molar-refractivity contribution in [2.24, 2.45) is 0 Å². The fraction of sp³-hybridized carbons (Fsp3) is 0.536. The predicted octanol–water partition coefficient (Wildman–Crippen LogP) is 3.90. The highest BCUT2D eigenvalue weighted by Crippen LogP contribution is 2.35. The maximum Gasteiger partial charge on any atom is 0.410 e. The fourth-order valence-corrected chi connectivity index (χ4v) is 7.24. The minimum atomic E-state index is -3.92. The molecule has 1 aliphatic carbocycles. The maximum atomic E-state index is 14.1. The van der Waals surface area contributed by atoms with E-state index in [4.69, 9.17) is 9.84 Å². The van der Waals surface area contributed by atoms with E-state index >= 15 is 0 Å². The number of aromatic nitrogens is 2. The standard InChI is InChI=1S/C28H36N4O7S/c1-28(2,3)39-27(36)30-14-4-6-19(30)17-32(18-8-9-18)40(37,38)20-10-11-23-22(16-20)21-12-13-29-25(21)26(35)31(23)15-5-7-24(33)34/h10-13,16,18-19,29H,4-9,14-15,17H2,1-3H3,(H,33,34)/t19-/m1/s1. The number of fused-ring (bicyclic) bond motifs is 3. The molecule has 1 aliphatic heterocycles. The van der Waals surface area contributed by atoms with Crippen molar-refractivity contribution in [3.8, 4) is 0 Å². The molecule has 1 aromatic carbocycles. The van der Waals surface area contributed by atoms with Gasteiger partial charge < -0.3 is 24.3 Å². The summed E-state index contributed by atoms with van der Waals surface area (Å²) in [5, 5.41) is 10.2. The van der Waals surface area contributed by atoms with Gasteiger partial charge in [0.05, 0.1) is 10.4 Å². The van der Waals surface area contributed by atoms with E-state index in [9.17, 15) is 22.8 Å². The van der Waals surface area contributed by atoms with Crippen molar-refractivity contribution in [1.82, 2.24) is 18.8 Å². The molecule has 2 aliphatic rings. The number of aliphatic carboxylic acids is 1. The van der Waals surface area contributed by atoms with E-state index in [0.717, 1.165) is 19.3 Å². The van der Waals surface area contributed by atoms with Crippen LogP contribution in [0.5, 0.6) is 0 Å². The summed E-state index contributed by atoms with van der Waals surface area (Å²) in [6.07, 6.45) is 4.39. The zero-order valence-electron chi connectivity index (χ0n) is 23.1. The Balaban J connectivity index is 1.49. The number of rotatable bonds is 9. The number of carbonyl (C=O) groups excluding carboxylic acids is 1. The third-order valence-corrected chi connectivity index (χ3v) is 9.40. The largest absolute Gasteiger partial charge is 0.481 e. The fourth-order valence-electron chi connectivity index (χ4n) is 5.49. The highest BCUT2D eigenvalue weighted by Gasteiger charge is 2.42. The Kier molecular flexibility index (Phi) is 7.43. The highest BCUT2D eigenvalue weighted by atomic mass is 32.2. The Morgan fingerprint density at radius 2 is 1.90 bits per heavy atom. The molecule has 5 rings (SSSR count). The number of nitrogens with zero attached hydrogens (tertiary/aromatic N) is 3. The summed E-state index contributed by atoms with van der Waals surface area (Å²) in [7, 11) is -3.92. The number of benzene rings is 1. The molecule has 2 N–H and O–H groups in total. The Bertz CT molecular complexity index is 1620. The van der Waals surface area contributed by atoms with E-state index in [2.05, 4.69) is 4.98 Å². The van der Waals surface area contributed by atoms with E-state index in [1.807, 2.05) is 20.8 Å². The van der Waals surface area contributed by atoms with Gasteiger partial charge in [-0.05, 0) is 77.1 Å². The van der Waals surface area contributed by atoms with Gasteiger partial charge in [0.25, 0.3) is 5.56 Å². The van der Waals surface area contributed by atoms with E-state index < -0.39 is 27.7 Å². The van der Waals surface area contributed by atoms with Gasteiger partial charge in [-0.25, -0.2) is 13.2 Å². The van der Waals surface area contributed by atoms with Crippen molar-refractivity contribution in [1.29, 1.82) is 0 Å². The Morgan fingerprint density at radius 3 is 2.58 bits per heavy atom. The van der Waals surface area contributed by atoms with E-state index in [0.29, 0.717) is 34.8 Å². The zero-order chi connectivity index (χ0) is 28.8. The van der Waals surface area contributed by atoms with Crippen molar-refractivity contribution in [2.75, 3.05) is 13.1 Å². The van der Waals surface area contributed by atoms with E-state index in [1.165, 1.54) is 14.9 Å². The Hall–Kier alpha value is -3.38. The zero-order valence-corrected chi connectivity index (χ0v) is 23.9. The molecule has 0 radical (unpaired) electrons. The first-order valence-electron chi connectivity index (χ1n) is 13.7. The summed E-state index contributed by atoms with van der Waals surface area (Å²) in [6.45, 7) is 6.34. The van der Waals surface area contributed by atoms with Gasteiger partial charge in [0.2, 0.25) is 10.0 Å². The number of aromatic amines is 1. The second kappa shape index (κ2) is 10.5. The SMILES string of the molecule is CC(C)(C)OC(=O)N1CCC[C@@H]1CN(C1CC1)S(=O)(=O)c1ccc2c(c1)c1cc[nH]c1c(=O)n2CCCC(=O)O. The first-order chi connectivity index (χ1) is 18.9. The van der Waals surface area contributed by atoms with Crippen molar-refractivity contribution in [3.05, 3.63) is 40.8 Å². The summed E-state index contributed by atoms with van der Waals surface area (Å²) in [5.41, 5.74) is -0.0338. The molecule has 1 atom stereocenters. The predicted molar refractivity (Wildman–Crippen MR) is 150 cm³/mol. The lowest BCUT2D eigenvalue weighted by atomic mass is 10.1. The summed E-state index contributed by atoms with van der Waals surface area (Å²) < 4.78 is 36.8. The summed E-state index contributed by atoms with van der Waals surface area (Å²) >= 11 is 0. The second-order valence-electron chi connectivity index (χ2n) is 11.7. The van der Waals surface area contributed by atoms with Crippen LogP contribution in [0.15, 0.2) is 40.2 Å². The first-order valence-corrected chi connectivity index (χ1v) is 15.2. The number of sulfonamides is 1. The maximum absolute atomic E-state index is 14.1. The van der Waals surface area contributed by atoms with Gasteiger partial charge in [0, 0.05) is 55.1 Å². The number of carbonyl (C=O) groups is 2.